The van der Waals surface area contributed by atoms with Crippen LogP contribution in [0.1, 0.15) is 58.3 Å². The van der Waals surface area contributed by atoms with E-state index < -0.39 is 0 Å². The monoisotopic (exact) mass is 524 g/mol. The fourth-order valence-corrected chi connectivity index (χ4v) is 5.39. The number of hydrogen-bond acceptors (Lipinski definition) is 4. The average molecular weight is 525 g/mol. The van der Waals surface area contributed by atoms with Gasteiger partial charge in [-0.2, -0.15) is 5.10 Å². The summed E-state index contributed by atoms with van der Waals surface area (Å²) in [5, 5.41) is 12.5. The van der Waals surface area contributed by atoms with Crippen molar-refractivity contribution in [3.05, 3.63) is 168 Å². The van der Waals surface area contributed by atoms with Crippen LogP contribution in [0.4, 0.5) is 0 Å². The number of rotatable bonds is 11. The van der Waals surface area contributed by atoms with Gasteiger partial charge in [-0.25, -0.2) is 9.67 Å². The Morgan fingerprint density at radius 2 is 0.975 bits per heavy atom. The first-order valence-electron chi connectivity index (χ1n) is 13.8. The highest BCUT2D eigenvalue weighted by Crippen LogP contribution is 2.28. The molecule has 198 valence electrons. The summed E-state index contributed by atoms with van der Waals surface area (Å²) in [5.74, 6) is 0. The van der Waals surface area contributed by atoms with E-state index in [1.54, 1.807) is 25.3 Å². The van der Waals surface area contributed by atoms with Gasteiger partial charge in [0.25, 0.3) is 0 Å². The molecule has 0 saturated heterocycles. The number of benzene rings is 4. The van der Waals surface area contributed by atoms with Crippen molar-refractivity contribution in [1.82, 2.24) is 29.5 Å². The van der Waals surface area contributed by atoms with Crippen LogP contribution in [0.3, 0.4) is 0 Å². The number of aromatic nitrogens is 6. The van der Waals surface area contributed by atoms with Gasteiger partial charge in [-0.05, 0) is 59.1 Å². The summed E-state index contributed by atoms with van der Waals surface area (Å²) in [5.41, 5.74) is 7.59. The predicted octanol–water partition coefficient (Wildman–Crippen LogP) is 6.71. The topological polar surface area (TPSA) is 61.4 Å². The maximum Gasteiger partial charge on any atom is 0.137 e. The molecule has 0 aliphatic heterocycles. The highest BCUT2D eigenvalue weighted by atomic mass is 15.3. The molecule has 40 heavy (non-hydrogen) atoms. The Morgan fingerprint density at radius 1 is 0.500 bits per heavy atom. The lowest BCUT2D eigenvalue weighted by Crippen LogP contribution is -2.12. The fourth-order valence-electron chi connectivity index (χ4n) is 5.39. The quantitative estimate of drug-likeness (QED) is 0.177. The molecule has 6 rings (SSSR count). The van der Waals surface area contributed by atoms with Crippen LogP contribution in [0.2, 0.25) is 0 Å². The lowest BCUT2D eigenvalue weighted by molar-refractivity contribution is 0.593. The lowest BCUT2D eigenvalue weighted by atomic mass is 9.95. The molecule has 0 radical (unpaired) electrons. The van der Waals surface area contributed by atoms with Gasteiger partial charge in [-0.1, -0.05) is 109 Å². The Bertz CT molecular complexity index is 1440. The van der Waals surface area contributed by atoms with E-state index in [9.17, 15) is 0 Å². The van der Waals surface area contributed by atoms with Crippen LogP contribution < -0.4 is 0 Å². The van der Waals surface area contributed by atoms with E-state index in [2.05, 4.69) is 122 Å². The third-order valence-corrected chi connectivity index (χ3v) is 7.44. The van der Waals surface area contributed by atoms with Crippen molar-refractivity contribution in [3.8, 4) is 0 Å². The van der Waals surface area contributed by atoms with Crippen molar-refractivity contribution in [2.24, 2.45) is 0 Å². The second-order valence-corrected chi connectivity index (χ2v) is 10.1. The molecular formula is C34H32N6. The zero-order chi connectivity index (χ0) is 27.0. The molecule has 0 N–H and O–H groups in total. The maximum absolute atomic E-state index is 4.42. The van der Waals surface area contributed by atoms with E-state index >= 15 is 0 Å². The van der Waals surface area contributed by atoms with Gasteiger partial charge in [0.1, 0.15) is 31.4 Å². The molecule has 0 amide bonds. The molecule has 4 aromatic carbocycles. The van der Waals surface area contributed by atoms with Crippen LogP contribution in [0.25, 0.3) is 0 Å². The number of nitrogens with zero attached hydrogens (tertiary/aromatic N) is 6. The van der Waals surface area contributed by atoms with Crippen LogP contribution in [-0.4, -0.2) is 29.5 Å². The van der Waals surface area contributed by atoms with E-state index in [0.29, 0.717) is 0 Å². The van der Waals surface area contributed by atoms with Crippen LogP contribution in [0.15, 0.2) is 135 Å². The summed E-state index contributed by atoms with van der Waals surface area (Å²) >= 11 is 0. The van der Waals surface area contributed by atoms with E-state index in [4.69, 9.17) is 0 Å². The van der Waals surface area contributed by atoms with Crippen LogP contribution in [0.5, 0.6) is 0 Å². The van der Waals surface area contributed by atoms with Gasteiger partial charge in [-0.3, -0.25) is 0 Å². The van der Waals surface area contributed by atoms with E-state index in [1.165, 1.54) is 33.4 Å². The number of unbranched alkanes of at least 4 members (excludes halogenated alkanes) is 1. The molecule has 0 aliphatic rings. The first-order valence-corrected chi connectivity index (χ1v) is 13.8. The van der Waals surface area contributed by atoms with Gasteiger partial charge < -0.3 is 4.57 Å². The van der Waals surface area contributed by atoms with E-state index in [0.717, 1.165) is 25.7 Å². The zero-order valence-electron chi connectivity index (χ0n) is 22.4. The molecule has 0 aliphatic carbocycles. The molecule has 2 unspecified atom stereocenters. The normalized spacial score (nSPS) is 12.7. The molecule has 2 atom stereocenters. The van der Waals surface area contributed by atoms with Crippen molar-refractivity contribution in [3.63, 3.8) is 0 Å². The number of hydrogen-bond donors (Lipinski definition) is 0. The first-order chi connectivity index (χ1) is 19.8. The summed E-state index contributed by atoms with van der Waals surface area (Å²) in [6.07, 6.45) is 11.4. The smallest absolute Gasteiger partial charge is 0.137 e. The van der Waals surface area contributed by atoms with Crippen LogP contribution in [0, 0.1) is 0 Å². The van der Waals surface area contributed by atoms with E-state index in [1.807, 2.05) is 16.8 Å². The zero-order valence-corrected chi connectivity index (χ0v) is 22.4. The van der Waals surface area contributed by atoms with Crippen LogP contribution in [-0.2, 0) is 12.8 Å². The third-order valence-electron chi connectivity index (χ3n) is 7.44. The van der Waals surface area contributed by atoms with Crippen LogP contribution >= 0.6 is 0 Å². The second kappa shape index (κ2) is 12.3. The molecule has 0 fully saturated rings. The summed E-state index contributed by atoms with van der Waals surface area (Å²) in [7, 11) is 0. The second-order valence-electron chi connectivity index (χ2n) is 10.1. The first kappa shape index (κ1) is 25.4. The summed E-state index contributed by atoms with van der Waals surface area (Å²) in [6.45, 7) is 0. The minimum Gasteiger partial charge on any atom is -0.308 e. The van der Waals surface area contributed by atoms with Gasteiger partial charge >= 0.3 is 0 Å². The van der Waals surface area contributed by atoms with Crippen molar-refractivity contribution in [2.75, 3.05) is 0 Å². The SMILES string of the molecule is c1ccc(C(c2ccc(CCCCc3ccc(C(c4ccccc4)n4cncn4)cc3)cc2)n2cnnc2)cc1. The lowest BCUT2D eigenvalue weighted by Gasteiger charge is -2.19. The van der Waals surface area contributed by atoms with Gasteiger partial charge in [0.15, 0.2) is 0 Å². The summed E-state index contributed by atoms with van der Waals surface area (Å²) in [4.78, 5) is 4.17. The molecule has 2 heterocycles. The molecule has 2 aromatic heterocycles. The Balaban J connectivity index is 1.06. The van der Waals surface area contributed by atoms with Crippen molar-refractivity contribution in [2.45, 2.75) is 37.8 Å². The fraction of sp³-hybridized carbons (Fsp3) is 0.176. The Labute approximate surface area is 235 Å². The molecule has 0 bridgehead atoms. The molecular weight excluding hydrogens is 492 g/mol. The van der Waals surface area contributed by atoms with E-state index in [-0.39, 0.29) is 12.1 Å². The molecule has 0 spiro atoms. The predicted molar refractivity (Wildman–Crippen MR) is 157 cm³/mol. The van der Waals surface area contributed by atoms with Crippen molar-refractivity contribution < 1.29 is 0 Å². The molecule has 6 heteroatoms. The van der Waals surface area contributed by atoms with Crippen molar-refractivity contribution in [1.29, 1.82) is 0 Å². The van der Waals surface area contributed by atoms with Gasteiger partial charge in [0.05, 0.1) is 6.04 Å². The maximum atomic E-state index is 4.42. The van der Waals surface area contributed by atoms with Crippen molar-refractivity contribution >= 4 is 0 Å². The summed E-state index contributed by atoms with van der Waals surface area (Å²) in [6, 6.07) is 39.0. The molecule has 6 nitrogen and oxygen atoms in total. The minimum absolute atomic E-state index is 0.0206. The van der Waals surface area contributed by atoms with Gasteiger partial charge in [-0.15, -0.1) is 10.2 Å². The Morgan fingerprint density at radius 3 is 1.48 bits per heavy atom. The summed E-state index contributed by atoms with van der Waals surface area (Å²) < 4.78 is 3.98. The highest BCUT2D eigenvalue weighted by molar-refractivity contribution is 5.35. The third kappa shape index (κ3) is 5.91. The molecule has 6 aromatic rings. The minimum atomic E-state index is 0.0206. The van der Waals surface area contributed by atoms with Gasteiger partial charge in [0.2, 0.25) is 0 Å². The van der Waals surface area contributed by atoms with Gasteiger partial charge in [0, 0.05) is 0 Å². The largest absolute Gasteiger partial charge is 0.308 e. The number of aryl methyl sites for hydroxylation is 2. The Hall–Kier alpha value is -4.84. The average Bonchev–Trinajstić information content (AvgIpc) is 3.74. The highest BCUT2D eigenvalue weighted by Gasteiger charge is 2.17. The standard InChI is InChI=1S/C34H32N6/c1-3-11-29(12-4-1)33(39-25-36-37-26-39)31-19-15-27(16-20-31)9-7-8-10-28-17-21-32(22-18-28)34(40-24-35-23-38-40)30-13-5-2-6-14-30/h1-6,11-26,33-34H,7-10H2. The molecule has 0 saturated carbocycles. The Kier molecular flexibility index (Phi) is 7.85.